The number of H-pyrrole nitrogens is 1. The number of aromatic nitrogens is 4. The van der Waals surface area contributed by atoms with Crippen molar-refractivity contribution in [3.05, 3.63) is 35.5 Å². The fourth-order valence-corrected chi connectivity index (χ4v) is 4.28. The van der Waals surface area contributed by atoms with Crippen LogP contribution in [0, 0.1) is 5.82 Å². The fourth-order valence-electron chi connectivity index (χ4n) is 4.12. The summed E-state index contributed by atoms with van der Waals surface area (Å²) in [6.07, 6.45) is 9.08. The summed E-state index contributed by atoms with van der Waals surface area (Å²) < 4.78 is 14.4. The van der Waals surface area contributed by atoms with Gasteiger partial charge in [-0.1, -0.05) is 11.6 Å². The number of Topliss-reactive ketones (excluding diaryl/α,β-unsaturated/α-hetero) is 1. The second-order valence-corrected chi connectivity index (χ2v) is 8.58. The number of ketones is 1. The largest absolute Gasteiger partial charge is 0.358 e. The van der Waals surface area contributed by atoms with E-state index in [1.165, 1.54) is 12.8 Å². The number of carbonyl (C=O) groups excluding carboxylic acids is 1. The van der Waals surface area contributed by atoms with Crippen LogP contribution in [0.3, 0.4) is 0 Å². The van der Waals surface area contributed by atoms with E-state index < -0.39 is 11.9 Å². The van der Waals surface area contributed by atoms with E-state index in [0.29, 0.717) is 34.5 Å². The molecule has 7 nitrogen and oxygen atoms in total. The van der Waals surface area contributed by atoms with Gasteiger partial charge in [0, 0.05) is 35.8 Å². The van der Waals surface area contributed by atoms with Gasteiger partial charge in [0.05, 0.1) is 17.3 Å². The highest BCUT2D eigenvalue weighted by Crippen LogP contribution is 2.28. The molecular weight excluding hydrogens is 419 g/mol. The molecule has 1 unspecified atom stereocenters. The molecular formula is C22H26ClFN6O. The molecule has 0 aromatic carbocycles. The molecule has 4 rings (SSSR count). The van der Waals surface area contributed by atoms with Gasteiger partial charge in [-0.3, -0.25) is 4.79 Å². The van der Waals surface area contributed by atoms with Gasteiger partial charge in [-0.25, -0.2) is 19.3 Å². The lowest BCUT2D eigenvalue weighted by Gasteiger charge is -2.19. The van der Waals surface area contributed by atoms with Gasteiger partial charge in [0.25, 0.3) is 0 Å². The Balaban J connectivity index is 1.43. The Kier molecular flexibility index (Phi) is 6.48. The van der Waals surface area contributed by atoms with Gasteiger partial charge >= 0.3 is 0 Å². The second-order valence-electron chi connectivity index (χ2n) is 8.14. The zero-order chi connectivity index (χ0) is 22.0. The number of likely N-dealkylation sites (tertiary alicyclic amines) is 1. The molecule has 0 aliphatic carbocycles. The van der Waals surface area contributed by atoms with Crippen molar-refractivity contribution in [2.24, 2.45) is 0 Å². The molecule has 9 heteroatoms. The van der Waals surface area contributed by atoms with Gasteiger partial charge in [0.2, 0.25) is 0 Å². The summed E-state index contributed by atoms with van der Waals surface area (Å²) in [7, 11) is 2.14. The Morgan fingerprint density at radius 2 is 2.26 bits per heavy atom. The topological polar surface area (TPSA) is 86.8 Å². The van der Waals surface area contributed by atoms with Gasteiger partial charge in [-0.05, 0) is 52.3 Å². The predicted octanol–water partition coefficient (Wildman–Crippen LogP) is 4.45. The molecule has 1 fully saturated rings. The van der Waals surface area contributed by atoms with Gasteiger partial charge < -0.3 is 15.2 Å². The number of halogens is 2. The summed E-state index contributed by atoms with van der Waals surface area (Å²) in [6, 6.07) is 1.78. The molecule has 0 radical (unpaired) electrons. The van der Waals surface area contributed by atoms with Crippen LogP contribution in [0.2, 0.25) is 5.02 Å². The molecule has 3 aromatic heterocycles. The molecule has 1 aliphatic heterocycles. The Labute approximate surface area is 185 Å². The summed E-state index contributed by atoms with van der Waals surface area (Å²) in [5, 5.41) is 4.15. The maximum Gasteiger partial charge on any atom is 0.183 e. The molecule has 0 spiro atoms. The van der Waals surface area contributed by atoms with Gasteiger partial charge in [0.15, 0.2) is 23.2 Å². The molecule has 1 saturated heterocycles. The minimum atomic E-state index is -0.605. The first kappa shape index (κ1) is 21.6. The number of hydrogen-bond donors (Lipinski definition) is 2. The van der Waals surface area contributed by atoms with Crippen LogP contribution in [0.15, 0.2) is 24.7 Å². The van der Waals surface area contributed by atoms with Crippen LogP contribution in [0.25, 0.3) is 22.4 Å². The molecule has 0 amide bonds. The Hall–Kier alpha value is -2.58. The van der Waals surface area contributed by atoms with Gasteiger partial charge in [0.1, 0.15) is 5.65 Å². The molecule has 0 saturated carbocycles. The number of rotatable bonds is 8. The Morgan fingerprint density at radius 1 is 1.42 bits per heavy atom. The average molecular weight is 445 g/mol. The van der Waals surface area contributed by atoms with Crippen molar-refractivity contribution in [1.29, 1.82) is 0 Å². The average Bonchev–Trinajstić information content (AvgIpc) is 3.35. The normalized spacial score (nSPS) is 17.9. The number of pyridine rings is 1. The van der Waals surface area contributed by atoms with Crippen LogP contribution in [0.4, 0.5) is 10.2 Å². The summed E-state index contributed by atoms with van der Waals surface area (Å²) >= 11 is 6.06. The fraction of sp³-hybridized carbons (Fsp3) is 0.455. The first-order valence-electron chi connectivity index (χ1n) is 10.6. The summed E-state index contributed by atoms with van der Waals surface area (Å²) in [5.74, 6) is -0.232. The van der Waals surface area contributed by atoms with Crippen LogP contribution in [0.5, 0.6) is 0 Å². The highest BCUT2D eigenvalue weighted by molar-refractivity contribution is 6.31. The third kappa shape index (κ3) is 4.85. The third-order valence-electron chi connectivity index (χ3n) is 5.95. The maximum atomic E-state index is 14.4. The van der Waals surface area contributed by atoms with Crippen LogP contribution in [-0.2, 0) is 4.79 Å². The number of carbonyl (C=O) groups is 1. The first-order valence-corrected chi connectivity index (χ1v) is 10.9. The number of aromatic amines is 1. The van der Waals surface area contributed by atoms with E-state index in [1.54, 1.807) is 25.4 Å². The predicted molar refractivity (Wildman–Crippen MR) is 120 cm³/mol. The maximum absolute atomic E-state index is 14.4. The Bertz CT molecular complexity index is 1090. The van der Waals surface area contributed by atoms with Gasteiger partial charge in [-0.2, -0.15) is 0 Å². The highest BCUT2D eigenvalue weighted by atomic mass is 35.5. The number of fused-ring (bicyclic) bond motifs is 1. The van der Waals surface area contributed by atoms with E-state index in [4.69, 9.17) is 11.6 Å². The minimum Gasteiger partial charge on any atom is -0.358 e. The van der Waals surface area contributed by atoms with Crippen LogP contribution < -0.4 is 5.32 Å². The first-order chi connectivity index (χ1) is 14.9. The number of anilines is 1. The van der Waals surface area contributed by atoms with Crippen LogP contribution >= 0.6 is 11.6 Å². The monoisotopic (exact) mass is 444 g/mol. The number of hydrogen-bond acceptors (Lipinski definition) is 6. The van der Waals surface area contributed by atoms with E-state index in [-0.39, 0.29) is 11.6 Å². The molecule has 0 bridgehead atoms. The summed E-state index contributed by atoms with van der Waals surface area (Å²) in [5.41, 5.74) is 1.30. The lowest BCUT2D eigenvalue weighted by atomic mass is 10.0. The van der Waals surface area contributed by atoms with Crippen molar-refractivity contribution in [2.45, 2.75) is 51.1 Å². The van der Waals surface area contributed by atoms with Crippen molar-refractivity contribution in [1.82, 2.24) is 24.8 Å². The molecule has 2 N–H and O–H groups in total. The quantitative estimate of drug-likeness (QED) is 0.534. The molecule has 2 atom stereocenters. The van der Waals surface area contributed by atoms with Crippen LogP contribution in [-0.4, -0.2) is 56.3 Å². The van der Waals surface area contributed by atoms with E-state index >= 15 is 0 Å². The van der Waals surface area contributed by atoms with Crippen molar-refractivity contribution >= 4 is 34.2 Å². The van der Waals surface area contributed by atoms with Gasteiger partial charge in [-0.15, -0.1) is 0 Å². The molecule has 31 heavy (non-hydrogen) atoms. The van der Waals surface area contributed by atoms with E-state index in [0.717, 1.165) is 31.0 Å². The lowest BCUT2D eigenvalue weighted by Crippen LogP contribution is -2.28. The van der Waals surface area contributed by atoms with E-state index in [9.17, 15) is 9.18 Å². The van der Waals surface area contributed by atoms with Crippen molar-refractivity contribution in [3.63, 3.8) is 0 Å². The smallest absolute Gasteiger partial charge is 0.183 e. The van der Waals surface area contributed by atoms with Crippen molar-refractivity contribution < 1.29 is 9.18 Å². The highest BCUT2D eigenvalue weighted by Gasteiger charge is 2.22. The zero-order valence-electron chi connectivity index (χ0n) is 17.7. The second kappa shape index (κ2) is 9.28. The Morgan fingerprint density at radius 3 is 3.03 bits per heavy atom. The minimum absolute atomic E-state index is 0.00529. The number of nitrogens with one attached hydrogen (secondary N) is 2. The van der Waals surface area contributed by atoms with Crippen molar-refractivity contribution in [3.8, 4) is 11.4 Å². The van der Waals surface area contributed by atoms with Crippen LogP contribution in [0.1, 0.15) is 39.0 Å². The third-order valence-corrected chi connectivity index (χ3v) is 6.16. The van der Waals surface area contributed by atoms with Crippen molar-refractivity contribution in [2.75, 3.05) is 18.9 Å². The summed E-state index contributed by atoms with van der Waals surface area (Å²) in [4.78, 5) is 30.6. The van der Waals surface area contributed by atoms with E-state index in [2.05, 4.69) is 37.2 Å². The number of nitrogens with zero attached hydrogens (tertiary/aromatic N) is 4. The molecule has 4 heterocycles. The SMILES string of the molecule is C[C@H](Nc1nc(-c2c[nH]c3ncc(Cl)cc23)ncc1F)C(=O)CCCC1CCCN1C. The molecule has 1 aliphatic rings. The summed E-state index contributed by atoms with van der Waals surface area (Å²) in [6.45, 7) is 2.87. The standard InChI is InChI=1S/C22H26ClFN6O/c1-13(19(31)7-3-5-15-6-4-8-30(15)2)28-22-18(24)12-27-21(29-22)17-11-26-20-16(17)9-14(23)10-25-20/h9-13,15H,3-8H2,1-2H3,(H,25,26)(H,27,28,29)/t13-,15?/m0/s1. The molecule has 3 aromatic rings. The lowest BCUT2D eigenvalue weighted by molar-refractivity contribution is -0.119. The molecule has 164 valence electrons. The van der Waals surface area contributed by atoms with E-state index in [1.807, 2.05) is 0 Å². The zero-order valence-corrected chi connectivity index (χ0v) is 18.4.